The number of nitrogens with zero attached hydrogens (tertiary/aromatic N) is 3. The van der Waals surface area contributed by atoms with E-state index in [1.807, 2.05) is 13.3 Å². The zero-order valence-electron chi connectivity index (χ0n) is 17.7. The predicted molar refractivity (Wildman–Crippen MR) is 122 cm³/mol. The number of aryl methyl sites for hydroxylation is 2. The Morgan fingerprint density at radius 3 is 2.00 bits per heavy atom. The van der Waals surface area contributed by atoms with Gasteiger partial charge in [-0.05, 0) is 38.6 Å². The predicted octanol–water partition coefficient (Wildman–Crippen LogP) is 4.74. The second-order valence-corrected chi connectivity index (χ2v) is 7.13. The van der Waals surface area contributed by atoms with Gasteiger partial charge in [0.25, 0.3) is 0 Å². The Labute approximate surface area is 167 Å². The number of aliphatic imine (C=N–C) groups is 1. The van der Waals surface area contributed by atoms with Gasteiger partial charge in [0.2, 0.25) is 0 Å². The minimum absolute atomic E-state index is 0.938. The van der Waals surface area contributed by atoms with Crippen LogP contribution in [0, 0.1) is 13.8 Å². The van der Waals surface area contributed by atoms with Crippen LogP contribution in [0.4, 0.5) is 0 Å². The normalized spacial score (nSPS) is 11.4. The Bertz CT molecular complexity index is 1130. The molecule has 2 heterocycles. The summed E-state index contributed by atoms with van der Waals surface area (Å²) in [6.45, 7) is 5.23. The van der Waals surface area contributed by atoms with E-state index in [0.29, 0.717) is 0 Å². The number of hydrogen-bond donors (Lipinski definition) is 1. The molecule has 0 saturated heterocycles. The Morgan fingerprint density at radius 2 is 1.39 bits per heavy atom. The molecule has 2 aromatic carbocycles. The van der Waals surface area contributed by atoms with Crippen LogP contribution >= 0.6 is 0 Å². The zero-order chi connectivity index (χ0) is 20.3. The molecule has 4 nitrogen and oxygen atoms in total. The molecule has 4 aromatic rings. The van der Waals surface area contributed by atoms with Gasteiger partial charge in [-0.2, -0.15) is 0 Å². The molecule has 0 radical (unpaired) electrons. The summed E-state index contributed by atoms with van der Waals surface area (Å²) in [5, 5.41) is 5.86. The summed E-state index contributed by atoms with van der Waals surface area (Å²) in [4.78, 5) is 4.09. The van der Waals surface area contributed by atoms with Crippen molar-refractivity contribution in [3.05, 3.63) is 71.0 Å². The smallest absolute Gasteiger partial charge is 0.0486 e. The van der Waals surface area contributed by atoms with E-state index in [-0.39, 0.29) is 0 Å². The highest BCUT2D eigenvalue weighted by molar-refractivity contribution is 6.01. The highest BCUT2D eigenvalue weighted by Crippen LogP contribution is 2.24. The van der Waals surface area contributed by atoms with Crippen LogP contribution in [0.1, 0.15) is 22.5 Å². The van der Waals surface area contributed by atoms with E-state index in [2.05, 4.69) is 95.9 Å². The average Bonchev–Trinajstić information content (AvgIpc) is 3.11. The summed E-state index contributed by atoms with van der Waals surface area (Å²) in [7, 11) is 8.00. The minimum atomic E-state index is 0.938. The average molecular weight is 375 g/mol. The first-order chi connectivity index (χ1) is 13.5. The minimum Gasteiger partial charge on any atom is -0.348 e. The van der Waals surface area contributed by atoms with Gasteiger partial charge >= 0.3 is 0 Å². The van der Waals surface area contributed by atoms with E-state index in [1.54, 1.807) is 7.05 Å². The number of aromatic nitrogens is 2. The van der Waals surface area contributed by atoms with Crippen LogP contribution in [0.15, 0.2) is 53.5 Å². The molecule has 0 bridgehead atoms. The molecule has 0 fully saturated rings. The molecular formula is C24H30N4. The molecule has 4 rings (SSSR count). The fourth-order valence-electron chi connectivity index (χ4n) is 3.84. The van der Waals surface area contributed by atoms with Crippen LogP contribution < -0.4 is 5.32 Å². The summed E-state index contributed by atoms with van der Waals surface area (Å²) < 4.78 is 4.45. The van der Waals surface area contributed by atoms with E-state index >= 15 is 0 Å². The van der Waals surface area contributed by atoms with Crippen molar-refractivity contribution in [2.45, 2.75) is 20.4 Å². The van der Waals surface area contributed by atoms with E-state index in [1.165, 1.54) is 44.3 Å². The molecule has 146 valence electrons. The SMILES string of the molecule is CN=Cc1c(C)n(C)c2ccccc12.CNCc1c(C)n(C)c2ccccc12. The van der Waals surface area contributed by atoms with Crippen molar-refractivity contribution in [3.63, 3.8) is 0 Å². The Kier molecular flexibility index (Phi) is 6.00. The van der Waals surface area contributed by atoms with Crippen LogP contribution in [0.25, 0.3) is 21.8 Å². The zero-order valence-corrected chi connectivity index (χ0v) is 17.7. The number of rotatable bonds is 3. The van der Waals surface area contributed by atoms with Gasteiger partial charge in [-0.15, -0.1) is 0 Å². The fraction of sp³-hybridized carbons (Fsp3) is 0.292. The first kappa shape index (κ1) is 19.9. The first-order valence-corrected chi connectivity index (χ1v) is 9.64. The lowest BCUT2D eigenvalue weighted by Gasteiger charge is -2.00. The van der Waals surface area contributed by atoms with Gasteiger partial charge in [0.05, 0.1) is 0 Å². The second kappa shape index (κ2) is 8.44. The monoisotopic (exact) mass is 374 g/mol. The third-order valence-corrected chi connectivity index (χ3v) is 5.59. The summed E-state index contributed by atoms with van der Waals surface area (Å²) in [6.07, 6.45) is 1.93. The molecule has 0 saturated carbocycles. The first-order valence-electron chi connectivity index (χ1n) is 9.64. The molecular weight excluding hydrogens is 344 g/mol. The quantitative estimate of drug-likeness (QED) is 0.516. The number of hydrogen-bond acceptors (Lipinski definition) is 2. The van der Waals surface area contributed by atoms with Crippen molar-refractivity contribution in [1.82, 2.24) is 14.5 Å². The van der Waals surface area contributed by atoms with Gasteiger partial charge in [-0.25, -0.2) is 0 Å². The molecule has 0 aliphatic heterocycles. The van der Waals surface area contributed by atoms with E-state index in [4.69, 9.17) is 0 Å². The van der Waals surface area contributed by atoms with Crippen LogP contribution in [0.3, 0.4) is 0 Å². The summed E-state index contributed by atoms with van der Waals surface area (Å²) >= 11 is 0. The summed E-state index contributed by atoms with van der Waals surface area (Å²) in [5.74, 6) is 0. The van der Waals surface area contributed by atoms with Crippen LogP contribution in [0.5, 0.6) is 0 Å². The maximum Gasteiger partial charge on any atom is 0.0486 e. The van der Waals surface area contributed by atoms with Gasteiger partial charge < -0.3 is 14.5 Å². The highest BCUT2D eigenvalue weighted by Gasteiger charge is 2.10. The fourth-order valence-corrected chi connectivity index (χ4v) is 3.84. The van der Waals surface area contributed by atoms with Gasteiger partial charge in [-0.1, -0.05) is 36.4 Å². The summed E-state index contributed by atoms with van der Waals surface area (Å²) in [5.41, 5.74) is 7.82. The maximum atomic E-state index is 4.09. The largest absolute Gasteiger partial charge is 0.348 e. The molecule has 4 heteroatoms. The molecule has 0 aliphatic carbocycles. The lowest BCUT2D eigenvalue weighted by atomic mass is 10.1. The molecule has 0 aliphatic rings. The third-order valence-electron chi connectivity index (χ3n) is 5.59. The number of nitrogens with one attached hydrogen (secondary N) is 1. The molecule has 0 unspecified atom stereocenters. The van der Waals surface area contributed by atoms with Gasteiger partial charge in [0, 0.05) is 72.7 Å². The summed E-state index contributed by atoms with van der Waals surface area (Å²) in [6, 6.07) is 16.9. The van der Waals surface area contributed by atoms with Gasteiger partial charge in [0.15, 0.2) is 0 Å². The third kappa shape index (κ3) is 3.48. The lowest BCUT2D eigenvalue weighted by Crippen LogP contribution is -2.06. The maximum absolute atomic E-state index is 4.09. The van der Waals surface area contributed by atoms with Crippen molar-refractivity contribution in [2.24, 2.45) is 19.1 Å². The molecule has 28 heavy (non-hydrogen) atoms. The highest BCUT2D eigenvalue weighted by atomic mass is 15.0. The standard InChI is InChI=1S/C12H16N2.C12H14N2/c2*1-9-11(8-13-2)10-6-4-5-7-12(10)14(9)3/h4-7,13H,8H2,1-3H3;4-8H,1-3H3. The van der Waals surface area contributed by atoms with E-state index in [0.717, 1.165) is 6.54 Å². The Hall–Kier alpha value is -2.85. The van der Waals surface area contributed by atoms with Gasteiger partial charge in [0.1, 0.15) is 0 Å². The van der Waals surface area contributed by atoms with Crippen LogP contribution in [-0.2, 0) is 20.6 Å². The van der Waals surface area contributed by atoms with Crippen molar-refractivity contribution >= 4 is 28.0 Å². The van der Waals surface area contributed by atoms with Gasteiger partial charge in [-0.3, -0.25) is 4.99 Å². The number of fused-ring (bicyclic) bond motifs is 2. The van der Waals surface area contributed by atoms with E-state index < -0.39 is 0 Å². The molecule has 1 N–H and O–H groups in total. The Balaban J connectivity index is 0.000000161. The Morgan fingerprint density at radius 1 is 0.857 bits per heavy atom. The van der Waals surface area contributed by atoms with Crippen molar-refractivity contribution in [3.8, 4) is 0 Å². The van der Waals surface area contributed by atoms with Crippen LogP contribution in [-0.4, -0.2) is 29.4 Å². The van der Waals surface area contributed by atoms with E-state index in [9.17, 15) is 0 Å². The number of para-hydroxylation sites is 2. The molecule has 2 aromatic heterocycles. The number of benzene rings is 2. The molecule has 0 spiro atoms. The van der Waals surface area contributed by atoms with Crippen molar-refractivity contribution < 1.29 is 0 Å². The van der Waals surface area contributed by atoms with Crippen LogP contribution in [0.2, 0.25) is 0 Å². The molecule has 0 amide bonds. The second-order valence-electron chi connectivity index (χ2n) is 7.13. The van der Waals surface area contributed by atoms with Crippen molar-refractivity contribution in [1.29, 1.82) is 0 Å². The molecule has 0 atom stereocenters. The topological polar surface area (TPSA) is 34.2 Å². The lowest BCUT2D eigenvalue weighted by molar-refractivity contribution is 0.801. The van der Waals surface area contributed by atoms with Crippen molar-refractivity contribution in [2.75, 3.05) is 14.1 Å².